The van der Waals surface area contributed by atoms with Crippen molar-refractivity contribution in [3.63, 3.8) is 0 Å². The van der Waals surface area contributed by atoms with Crippen molar-refractivity contribution in [2.24, 2.45) is 5.92 Å². The van der Waals surface area contributed by atoms with Crippen LogP contribution >= 0.6 is 23.2 Å². The average molecular weight is 350 g/mol. The van der Waals surface area contributed by atoms with E-state index in [0.29, 0.717) is 27.9 Å². The van der Waals surface area contributed by atoms with Gasteiger partial charge in [-0.15, -0.1) is 11.6 Å². The third-order valence-electron chi connectivity index (χ3n) is 3.65. The van der Waals surface area contributed by atoms with E-state index in [1.54, 1.807) is 22.5 Å². The first-order valence-electron chi connectivity index (χ1n) is 7.22. The summed E-state index contributed by atoms with van der Waals surface area (Å²) in [4.78, 5) is 0.290. The van der Waals surface area contributed by atoms with Gasteiger partial charge in [0.2, 0.25) is 10.0 Å². The van der Waals surface area contributed by atoms with Crippen LogP contribution in [-0.4, -0.2) is 25.3 Å². The lowest BCUT2D eigenvalue weighted by Gasteiger charge is -2.23. The fourth-order valence-corrected chi connectivity index (χ4v) is 4.42. The maximum Gasteiger partial charge on any atom is 0.243 e. The van der Waals surface area contributed by atoms with Crippen molar-refractivity contribution in [1.29, 1.82) is 0 Å². The highest BCUT2D eigenvalue weighted by Gasteiger charge is 2.37. The first-order chi connectivity index (χ1) is 9.86. The number of benzene rings is 1. The highest BCUT2D eigenvalue weighted by Crippen LogP contribution is 2.33. The van der Waals surface area contributed by atoms with Crippen molar-refractivity contribution in [3.8, 4) is 0 Å². The lowest BCUT2D eigenvalue weighted by Crippen LogP contribution is -2.34. The van der Waals surface area contributed by atoms with Gasteiger partial charge in [0.1, 0.15) is 0 Å². The lowest BCUT2D eigenvalue weighted by atomic mass is 10.1. The molecule has 0 aromatic heterocycles. The van der Waals surface area contributed by atoms with Crippen LogP contribution in [0.5, 0.6) is 0 Å². The van der Waals surface area contributed by atoms with Gasteiger partial charge in [-0.2, -0.15) is 4.31 Å². The Morgan fingerprint density at radius 2 is 2.00 bits per heavy atom. The Morgan fingerprint density at radius 1 is 1.33 bits per heavy atom. The number of halogens is 2. The maximum atomic E-state index is 12.8. The van der Waals surface area contributed by atoms with E-state index >= 15 is 0 Å². The molecule has 118 valence electrons. The first kappa shape index (κ1) is 17.1. The third kappa shape index (κ3) is 4.13. The lowest BCUT2D eigenvalue weighted by molar-refractivity contribution is 0.373. The van der Waals surface area contributed by atoms with Crippen LogP contribution in [-0.2, 0) is 15.9 Å². The summed E-state index contributed by atoms with van der Waals surface area (Å²) in [5.74, 6) is 0.683. The quantitative estimate of drug-likeness (QED) is 0.689. The van der Waals surface area contributed by atoms with Crippen LogP contribution in [0.25, 0.3) is 0 Å². The summed E-state index contributed by atoms with van der Waals surface area (Å²) in [6.07, 6.45) is 2.77. The van der Waals surface area contributed by atoms with E-state index in [4.69, 9.17) is 23.2 Å². The summed E-state index contributed by atoms with van der Waals surface area (Å²) in [5, 5.41) is 0.504. The van der Waals surface area contributed by atoms with E-state index in [2.05, 4.69) is 13.8 Å². The Kier molecular flexibility index (Phi) is 5.58. The van der Waals surface area contributed by atoms with Gasteiger partial charge in [-0.3, -0.25) is 0 Å². The number of hydrogen-bond acceptors (Lipinski definition) is 2. The molecule has 0 amide bonds. The molecule has 0 spiro atoms. The van der Waals surface area contributed by atoms with Crippen molar-refractivity contribution < 1.29 is 8.42 Å². The van der Waals surface area contributed by atoms with Gasteiger partial charge in [-0.05, 0) is 48.9 Å². The molecule has 1 aliphatic rings. The van der Waals surface area contributed by atoms with Gasteiger partial charge in [-0.1, -0.05) is 25.4 Å². The second-order valence-electron chi connectivity index (χ2n) is 5.92. The van der Waals surface area contributed by atoms with Crippen LogP contribution in [0.2, 0.25) is 5.02 Å². The van der Waals surface area contributed by atoms with Crippen molar-refractivity contribution >= 4 is 33.2 Å². The molecule has 0 N–H and O–H groups in total. The summed E-state index contributed by atoms with van der Waals surface area (Å²) >= 11 is 11.8. The summed E-state index contributed by atoms with van der Waals surface area (Å²) in [6.45, 7) is 4.78. The van der Waals surface area contributed by atoms with E-state index in [9.17, 15) is 8.42 Å². The fraction of sp³-hybridized carbons (Fsp3) is 0.600. The molecule has 21 heavy (non-hydrogen) atoms. The van der Waals surface area contributed by atoms with Gasteiger partial charge in [-0.25, -0.2) is 8.42 Å². The topological polar surface area (TPSA) is 37.4 Å². The highest BCUT2D eigenvalue weighted by atomic mass is 35.5. The zero-order valence-corrected chi connectivity index (χ0v) is 14.7. The fourth-order valence-electron chi connectivity index (χ4n) is 2.20. The molecule has 0 bridgehead atoms. The van der Waals surface area contributed by atoms with E-state index in [1.165, 1.54) is 0 Å². The van der Waals surface area contributed by atoms with Crippen LogP contribution in [0.15, 0.2) is 23.1 Å². The molecule has 1 aliphatic carbocycles. The molecule has 2 rings (SSSR count). The first-order valence-corrected chi connectivity index (χ1v) is 9.57. The van der Waals surface area contributed by atoms with E-state index in [1.807, 2.05) is 0 Å². The molecule has 0 radical (unpaired) electrons. The van der Waals surface area contributed by atoms with Gasteiger partial charge in [0.05, 0.1) is 4.90 Å². The second-order valence-corrected chi connectivity index (χ2v) is 8.48. The van der Waals surface area contributed by atoms with E-state index in [-0.39, 0.29) is 11.9 Å². The number of sulfonamides is 1. The number of alkyl halides is 1. The number of nitrogens with zero attached hydrogens (tertiary/aromatic N) is 1. The summed E-state index contributed by atoms with van der Waals surface area (Å²) in [7, 11) is -3.47. The molecule has 0 heterocycles. The van der Waals surface area contributed by atoms with Crippen LogP contribution in [0.4, 0.5) is 0 Å². The molecule has 1 aromatic rings. The number of rotatable bonds is 7. The molecule has 0 atom stereocenters. The Bertz CT molecular complexity index is 598. The smallest absolute Gasteiger partial charge is 0.207 e. The molecular formula is C15H21Cl2NO2S. The molecule has 3 nitrogen and oxygen atoms in total. The Balaban J connectivity index is 2.29. The summed E-state index contributed by atoms with van der Waals surface area (Å²) in [5.41, 5.74) is 0.652. The van der Waals surface area contributed by atoms with Gasteiger partial charge in [0.15, 0.2) is 0 Å². The molecule has 0 unspecified atom stereocenters. The predicted molar refractivity (Wildman–Crippen MR) is 87.4 cm³/mol. The second kappa shape index (κ2) is 6.86. The van der Waals surface area contributed by atoms with Crippen molar-refractivity contribution in [2.75, 3.05) is 6.54 Å². The molecular weight excluding hydrogens is 329 g/mol. The zero-order chi connectivity index (χ0) is 15.6. The Morgan fingerprint density at radius 3 is 2.52 bits per heavy atom. The highest BCUT2D eigenvalue weighted by molar-refractivity contribution is 7.89. The normalized spacial score (nSPS) is 15.9. The molecule has 0 saturated heterocycles. The largest absolute Gasteiger partial charge is 0.243 e. The van der Waals surface area contributed by atoms with Gasteiger partial charge < -0.3 is 0 Å². The Hall–Kier alpha value is -0.290. The minimum absolute atomic E-state index is 0.156. The van der Waals surface area contributed by atoms with Crippen LogP contribution < -0.4 is 0 Å². The Labute approximate surface area is 137 Å². The summed E-state index contributed by atoms with van der Waals surface area (Å²) in [6, 6.07) is 4.93. The third-order valence-corrected chi connectivity index (χ3v) is 6.25. The van der Waals surface area contributed by atoms with Gasteiger partial charge >= 0.3 is 0 Å². The van der Waals surface area contributed by atoms with Crippen molar-refractivity contribution in [2.45, 2.75) is 49.9 Å². The van der Waals surface area contributed by atoms with Crippen LogP contribution in [0.3, 0.4) is 0 Å². The SMILES string of the molecule is CC(C)CCN(C1CC1)S(=O)(=O)c1ccc(Cl)c(CCl)c1. The molecule has 1 aromatic carbocycles. The molecule has 1 saturated carbocycles. The van der Waals surface area contributed by atoms with Crippen molar-refractivity contribution in [1.82, 2.24) is 4.31 Å². The average Bonchev–Trinajstić information content (AvgIpc) is 3.23. The molecule has 6 heteroatoms. The maximum absolute atomic E-state index is 12.8. The minimum Gasteiger partial charge on any atom is -0.207 e. The standard InChI is InChI=1S/C15H21Cl2NO2S/c1-11(2)7-8-18(13-3-4-13)21(19,20)14-5-6-15(17)12(9-14)10-16/h5-6,9,11,13H,3-4,7-8,10H2,1-2H3. The van der Waals surface area contributed by atoms with E-state index < -0.39 is 10.0 Å². The molecule has 1 fully saturated rings. The predicted octanol–water partition coefficient (Wildman–Crippen LogP) is 4.28. The van der Waals surface area contributed by atoms with Crippen LogP contribution in [0.1, 0.15) is 38.7 Å². The van der Waals surface area contributed by atoms with Crippen molar-refractivity contribution in [3.05, 3.63) is 28.8 Å². The van der Waals surface area contributed by atoms with Gasteiger partial charge in [0, 0.05) is 23.5 Å². The monoisotopic (exact) mass is 349 g/mol. The zero-order valence-electron chi connectivity index (χ0n) is 12.4. The summed E-state index contributed by atoms with van der Waals surface area (Å²) < 4.78 is 27.3. The van der Waals surface area contributed by atoms with E-state index in [0.717, 1.165) is 19.3 Å². The minimum atomic E-state index is -3.47. The number of hydrogen-bond donors (Lipinski definition) is 0. The van der Waals surface area contributed by atoms with Crippen LogP contribution in [0, 0.1) is 5.92 Å². The molecule has 0 aliphatic heterocycles. The van der Waals surface area contributed by atoms with Gasteiger partial charge in [0.25, 0.3) is 0 Å².